The molecule has 2 heteroatoms. The van der Waals surface area contributed by atoms with Crippen LogP contribution in [0, 0.1) is 5.41 Å². The Hall–Kier alpha value is -1.64. The molecule has 1 unspecified atom stereocenters. The molecule has 3 rings (SSSR count). The van der Waals surface area contributed by atoms with Crippen LogP contribution in [0.5, 0.6) is 0 Å². The molecule has 0 spiro atoms. The average Bonchev–Trinajstić information content (AvgIpc) is 3.35. The summed E-state index contributed by atoms with van der Waals surface area (Å²) in [4.78, 5) is 0. The Balaban J connectivity index is 2.09. The Morgan fingerprint density at radius 1 is 0.929 bits per heavy atom. The highest BCUT2D eigenvalue weighted by atomic mass is 28.3. The summed E-state index contributed by atoms with van der Waals surface area (Å²) in [6.45, 7) is 19.7. The summed E-state index contributed by atoms with van der Waals surface area (Å²) in [5.74, 6) is 0. The fraction of sp³-hybridized carbons (Fsp3) is 0.462. The highest BCUT2D eigenvalue weighted by Crippen LogP contribution is 2.47. The van der Waals surface area contributed by atoms with Crippen LogP contribution in [-0.2, 0) is 4.74 Å². The zero-order chi connectivity index (χ0) is 20.6. The largest absolute Gasteiger partial charge is 0.370 e. The molecular weight excluding hydrogens is 356 g/mol. The van der Waals surface area contributed by atoms with Crippen LogP contribution in [0.25, 0.3) is 0 Å². The molecule has 1 aliphatic heterocycles. The van der Waals surface area contributed by atoms with Crippen molar-refractivity contribution in [1.29, 1.82) is 0 Å². The van der Waals surface area contributed by atoms with E-state index in [1.807, 2.05) is 0 Å². The third-order valence-corrected chi connectivity index (χ3v) is 12.9. The first-order valence-corrected chi connectivity index (χ1v) is 12.6. The Bertz CT molecular complexity index is 771. The number of epoxide rings is 1. The molecule has 0 N–H and O–H groups in total. The van der Waals surface area contributed by atoms with Crippen molar-refractivity contribution in [2.24, 2.45) is 5.41 Å². The summed E-state index contributed by atoms with van der Waals surface area (Å²) >= 11 is 0. The van der Waals surface area contributed by atoms with E-state index >= 15 is 0 Å². The standard InChI is InChI=1S/C26H36OSi/c1-21(25(5,6)19-26(7)20-27-26)18-28(24(2,3)4,22-14-10-8-11-15-22)23-16-12-9-13-17-23/h8-17H,1,18-20H2,2-7H3. The average molecular weight is 393 g/mol. The molecule has 1 aliphatic rings. The predicted octanol–water partition coefficient (Wildman–Crippen LogP) is 5.81. The van der Waals surface area contributed by atoms with Gasteiger partial charge in [0.2, 0.25) is 0 Å². The van der Waals surface area contributed by atoms with Gasteiger partial charge < -0.3 is 4.74 Å². The van der Waals surface area contributed by atoms with E-state index in [9.17, 15) is 0 Å². The van der Waals surface area contributed by atoms with Gasteiger partial charge in [-0.05, 0) is 29.8 Å². The van der Waals surface area contributed by atoms with Gasteiger partial charge in [0.1, 0.15) is 8.07 Å². The van der Waals surface area contributed by atoms with Crippen LogP contribution in [0.1, 0.15) is 48.0 Å². The van der Waals surface area contributed by atoms with Crippen molar-refractivity contribution in [1.82, 2.24) is 0 Å². The lowest BCUT2D eigenvalue weighted by Gasteiger charge is -2.46. The van der Waals surface area contributed by atoms with E-state index in [0.717, 1.165) is 19.1 Å². The molecule has 0 aromatic heterocycles. The minimum Gasteiger partial charge on any atom is -0.370 e. The molecule has 2 aromatic rings. The Morgan fingerprint density at radius 2 is 1.36 bits per heavy atom. The first kappa shape index (κ1) is 21.1. The zero-order valence-corrected chi connectivity index (χ0v) is 19.5. The first-order chi connectivity index (χ1) is 13.0. The number of allylic oxidation sites excluding steroid dienone is 1. The lowest BCUT2D eigenvalue weighted by molar-refractivity contribution is 0.242. The minimum atomic E-state index is -2.12. The van der Waals surface area contributed by atoms with Crippen molar-refractivity contribution >= 4 is 18.4 Å². The molecule has 28 heavy (non-hydrogen) atoms. The van der Waals surface area contributed by atoms with Crippen molar-refractivity contribution in [3.63, 3.8) is 0 Å². The molecule has 0 radical (unpaired) electrons. The Kier molecular flexibility index (Phi) is 5.50. The van der Waals surface area contributed by atoms with Gasteiger partial charge in [0.15, 0.2) is 0 Å². The number of ether oxygens (including phenoxy) is 1. The molecule has 1 saturated heterocycles. The van der Waals surface area contributed by atoms with Crippen LogP contribution in [0.3, 0.4) is 0 Å². The third-order valence-electron chi connectivity index (χ3n) is 6.70. The van der Waals surface area contributed by atoms with E-state index in [2.05, 4.69) is 109 Å². The second kappa shape index (κ2) is 7.31. The summed E-state index contributed by atoms with van der Waals surface area (Å²) in [5.41, 5.74) is 1.45. The normalized spacial score (nSPS) is 20.1. The van der Waals surface area contributed by atoms with Crippen LogP contribution < -0.4 is 10.4 Å². The Morgan fingerprint density at radius 3 is 1.71 bits per heavy atom. The summed E-state index contributed by atoms with van der Waals surface area (Å²) in [7, 11) is -2.12. The monoisotopic (exact) mass is 392 g/mol. The molecule has 0 bridgehead atoms. The highest BCUT2D eigenvalue weighted by Gasteiger charge is 2.50. The lowest BCUT2D eigenvalue weighted by Crippen LogP contribution is -2.64. The maximum absolute atomic E-state index is 5.72. The van der Waals surface area contributed by atoms with Crippen LogP contribution >= 0.6 is 0 Å². The lowest BCUT2D eigenvalue weighted by atomic mass is 9.78. The van der Waals surface area contributed by atoms with Crippen LogP contribution in [0.15, 0.2) is 72.8 Å². The van der Waals surface area contributed by atoms with E-state index in [-0.39, 0.29) is 16.1 Å². The van der Waals surface area contributed by atoms with Gasteiger partial charge in [-0.15, -0.1) is 0 Å². The third kappa shape index (κ3) is 4.04. The number of benzene rings is 2. The molecular formula is C26H36OSi. The molecule has 2 aromatic carbocycles. The molecule has 1 atom stereocenters. The van der Waals surface area contributed by atoms with Crippen molar-refractivity contribution in [2.45, 2.75) is 64.6 Å². The summed E-state index contributed by atoms with van der Waals surface area (Å²) < 4.78 is 5.72. The van der Waals surface area contributed by atoms with Gasteiger partial charge >= 0.3 is 0 Å². The fourth-order valence-electron chi connectivity index (χ4n) is 4.79. The molecule has 1 heterocycles. The van der Waals surface area contributed by atoms with Gasteiger partial charge in [-0.1, -0.05) is 118 Å². The molecule has 1 fully saturated rings. The van der Waals surface area contributed by atoms with Crippen molar-refractivity contribution in [2.75, 3.05) is 6.61 Å². The van der Waals surface area contributed by atoms with Gasteiger partial charge in [-0.3, -0.25) is 0 Å². The van der Waals surface area contributed by atoms with Gasteiger partial charge in [0.05, 0.1) is 12.2 Å². The SMILES string of the molecule is C=C(C[Si](c1ccccc1)(c1ccccc1)C(C)(C)C)C(C)(C)CC1(C)CO1. The maximum atomic E-state index is 5.72. The first-order valence-electron chi connectivity index (χ1n) is 10.4. The van der Waals surface area contributed by atoms with E-state index in [1.54, 1.807) is 0 Å². The van der Waals surface area contributed by atoms with E-state index < -0.39 is 8.07 Å². The smallest absolute Gasteiger partial charge is 0.127 e. The molecule has 0 saturated carbocycles. The quantitative estimate of drug-likeness (QED) is 0.329. The minimum absolute atomic E-state index is 0.0396. The highest BCUT2D eigenvalue weighted by molar-refractivity contribution is 7.04. The summed E-state index contributed by atoms with van der Waals surface area (Å²) in [6, 6.07) is 23.5. The maximum Gasteiger partial charge on any atom is 0.127 e. The van der Waals surface area contributed by atoms with Crippen molar-refractivity contribution in [3.8, 4) is 0 Å². The van der Waals surface area contributed by atoms with E-state index in [4.69, 9.17) is 4.74 Å². The van der Waals surface area contributed by atoms with E-state index in [0.29, 0.717) is 0 Å². The summed E-state index contributed by atoms with van der Waals surface area (Å²) in [6.07, 6.45) is 1.04. The van der Waals surface area contributed by atoms with Crippen LogP contribution in [0.2, 0.25) is 11.1 Å². The van der Waals surface area contributed by atoms with Crippen molar-refractivity contribution < 1.29 is 4.74 Å². The molecule has 0 amide bonds. The van der Waals surface area contributed by atoms with E-state index in [1.165, 1.54) is 15.9 Å². The number of hydrogen-bond acceptors (Lipinski definition) is 1. The second-order valence-corrected chi connectivity index (χ2v) is 15.3. The van der Waals surface area contributed by atoms with Crippen molar-refractivity contribution in [3.05, 3.63) is 72.8 Å². The molecule has 1 nitrogen and oxygen atoms in total. The number of hydrogen-bond donors (Lipinski definition) is 0. The second-order valence-electron chi connectivity index (χ2n) is 10.5. The Labute approximate surface area is 172 Å². The fourth-order valence-corrected chi connectivity index (χ4v) is 10.4. The number of rotatable bonds is 7. The zero-order valence-electron chi connectivity index (χ0n) is 18.5. The van der Waals surface area contributed by atoms with Gasteiger partial charge in [-0.25, -0.2) is 0 Å². The summed E-state index contributed by atoms with van der Waals surface area (Å²) in [5, 5.41) is 3.16. The predicted molar refractivity (Wildman–Crippen MR) is 124 cm³/mol. The van der Waals surface area contributed by atoms with Crippen LogP contribution in [-0.4, -0.2) is 20.3 Å². The van der Waals surface area contributed by atoms with Crippen LogP contribution in [0.4, 0.5) is 0 Å². The van der Waals surface area contributed by atoms with Gasteiger partial charge in [0.25, 0.3) is 0 Å². The molecule has 150 valence electrons. The topological polar surface area (TPSA) is 12.5 Å². The van der Waals surface area contributed by atoms with Gasteiger partial charge in [0, 0.05) is 0 Å². The molecule has 0 aliphatic carbocycles. The van der Waals surface area contributed by atoms with Gasteiger partial charge in [-0.2, -0.15) is 0 Å².